The molecule has 0 N–H and O–H groups in total. The molecule has 3 heterocycles. The van der Waals surface area contributed by atoms with Crippen molar-refractivity contribution in [3.63, 3.8) is 0 Å². The molecule has 4 rings (SSSR count). The molecule has 1 aliphatic heterocycles. The topological polar surface area (TPSA) is 33.4 Å². The molecule has 104 valence electrons. The molecular weight excluding hydrogens is 267 g/mol. The second-order valence-electron chi connectivity index (χ2n) is 4.96. The molecule has 0 spiro atoms. The van der Waals surface area contributed by atoms with Crippen molar-refractivity contribution in [3.8, 4) is 11.3 Å². The molecule has 0 saturated carbocycles. The zero-order chi connectivity index (χ0) is 14.2. The van der Waals surface area contributed by atoms with Crippen LogP contribution in [0.1, 0.15) is 0 Å². The summed E-state index contributed by atoms with van der Waals surface area (Å²) >= 11 is 0. The lowest BCUT2D eigenvalue weighted by molar-refractivity contribution is 0.630. The normalized spacial score (nSPS) is 14.2. The van der Waals surface area contributed by atoms with Crippen LogP contribution in [-0.4, -0.2) is 27.7 Å². The van der Waals surface area contributed by atoms with E-state index in [0.29, 0.717) is 11.3 Å². The molecule has 1 aromatic carbocycles. The number of fused-ring (bicyclic) bond motifs is 1. The number of rotatable bonds is 2. The maximum absolute atomic E-state index is 14.0. The molecule has 0 fully saturated rings. The maximum atomic E-state index is 14.0. The van der Waals surface area contributed by atoms with Gasteiger partial charge in [-0.1, -0.05) is 24.3 Å². The minimum Gasteiger partial charge on any atom is -0.349 e. The minimum absolute atomic E-state index is 0.264. The number of hydrogen-bond acceptors (Lipinski definition) is 3. The predicted octanol–water partition coefficient (Wildman–Crippen LogP) is 2.91. The van der Waals surface area contributed by atoms with E-state index < -0.39 is 0 Å². The third-order valence-electron chi connectivity index (χ3n) is 3.63. The van der Waals surface area contributed by atoms with Gasteiger partial charge in [-0.2, -0.15) is 9.61 Å². The first-order valence-electron chi connectivity index (χ1n) is 6.82. The Morgan fingerprint density at radius 3 is 2.67 bits per heavy atom. The van der Waals surface area contributed by atoms with E-state index in [1.807, 2.05) is 18.2 Å². The molecule has 2 aromatic heterocycles. The lowest BCUT2D eigenvalue weighted by Gasteiger charge is -2.19. The highest BCUT2D eigenvalue weighted by atomic mass is 19.1. The first-order valence-corrected chi connectivity index (χ1v) is 6.82. The molecule has 3 aromatic rings. The van der Waals surface area contributed by atoms with Gasteiger partial charge in [0.05, 0.1) is 11.9 Å². The number of halogens is 1. The van der Waals surface area contributed by atoms with Crippen LogP contribution in [-0.2, 0) is 0 Å². The quantitative estimate of drug-likeness (QED) is 0.677. The van der Waals surface area contributed by atoms with Gasteiger partial charge in [0.25, 0.3) is 0 Å². The van der Waals surface area contributed by atoms with Crippen molar-refractivity contribution < 1.29 is 4.39 Å². The van der Waals surface area contributed by atoms with Gasteiger partial charge in [-0.3, -0.25) is 0 Å². The molecule has 0 aliphatic carbocycles. The van der Waals surface area contributed by atoms with Crippen molar-refractivity contribution in [2.24, 2.45) is 0 Å². The van der Waals surface area contributed by atoms with Crippen LogP contribution in [0.4, 0.5) is 10.2 Å². The summed E-state index contributed by atoms with van der Waals surface area (Å²) in [5.74, 6) is 0.660. The molecular formula is C16H13FN4. The zero-order valence-corrected chi connectivity index (χ0v) is 11.3. The molecule has 0 unspecified atom stereocenters. The summed E-state index contributed by atoms with van der Waals surface area (Å²) in [6.07, 6.45) is 5.93. The standard InChI is InChI=1S/C16H13FN4/c17-13-6-2-1-5-12(13)14-11-16(20-9-3-4-10-20)21-15(19-14)7-8-18-21/h1-8,11H,9-10H2. The van der Waals surface area contributed by atoms with E-state index in [1.54, 1.807) is 22.8 Å². The summed E-state index contributed by atoms with van der Waals surface area (Å²) in [4.78, 5) is 6.68. The van der Waals surface area contributed by atoms with Crippen LogP contribution in [0.25, 0.3) is 16.9 Å². The Labute approximate surface area is 121 Å². The number of anilines is 1. The molecule has 0 atom stereocenters. The van der Waals surface area contributed by atoms with Gasteiger partial charge in [-0.25, -0.2) is 9.37 Å². The SMILES string of the molecule is Fc1ccccc1-c1cc(N2CC=CC2)n2nccc2n1. The van der Waals surface area contributed by atoms with E-state index in [1.165, 1.54) is 6.07 Å². The average molecular weight is 280 g/mol. The molecule has 0 saturated heterocycles. The fraction of sp³-hybridized carbons (Fsp3) is 0.125. The smallest absolute Gasteiger partial charge is 0.157 e. The van der Waals surface area contributed by atoms with Crippen molar-refractivity contribution >= 4 is 11.5 Å². The third kappa shape index (κ3) is 1.98. The Morgan fingerprint density at radius 1 is 1.05 bits per heavy atom. The van der Waals surface area contributed by atoms with Gasteiger partial charge in [0, 0.05) is 30.8 Å². The minimum atomic E-state index is -0.264. The number of hydrogen-bond donors (Lipinski definition) is 0. The van der Waals surface area contributed by atoms with E-state index >= 15 is 0 Å². The zero-order valence-electron chi connectivity index (χ0n) is 11.3. The van der Waals surface area contributed by atoms with E-state index in [2.05, 4.69) is 27.1 Å². The van der Waals surface area contributed by atoms with E-state index in [0.717, 1.165) is 24.6 Å². The van der Waals surface area contributed by atoms with E-state index in [4.69, 9.17) is 0 Å². The first-order chi connectivity index (χ1) is 10.3. The third-order valence-corrected chi connectivity index (χ3v) is 3.63. The predicted molar refractivity (Wildman–Crippen MR) is 79.7 cm³/mol. The molecule has 5 heteroatoms. The summed E-state index contributed by atoms with van der Waals surface area (Å²) < 4.78 is 15.8. The fourth-order valence-corrected chi connectivity index (χ4v) is 2.59. The van der Waals surface area contributed by atoms with Crippen molar-refractivity contribution in [3.05, 3.63) is 60.6 Å². The largest absolute Gasteiger partial charge is 0.349 e. The Morgan fingerprint density at radius 2 is 1.86 bits per heavy atom. The maximum Gasteiger partial charge on any atom is 0.157 e. The highest BCUT2D eigenvalue weighted by molar-refractivity contribution is 5.67. The lowest BCUT2D eigenvalue weighted by atomic mass is 10.1. The van der Waals surface area contributed by atoms with Gasteiger partial charge in [0.2, 0.25) is 0 Å². The molecule has 0 bridgehead atoms. The van der Waals surface area contributed by atoms with Crippen molar-refractivity contribution in [2.45, 2.75) is 0 Å². The van der Waals surface area contributed by atoms with Crippen LogP contribution in [0.5, 0.6) is 0 Å². The average Bonchev–Trinajstić information content (AvgIpc) is 3.18. The van der Waals surface area contributed by atoms with Crippen LogP contribution in [0.3, 0.4) is 0 Å². The Balaban J connectivity index is 1.93. The highest BCUT2D eigenvalue weighted by Gasteiger charge is 2.16. The van der Waals surface area contributed by atoms with Crippen molar-refractivity contribution in [1.29, 1.82) is 0 Å². The molecule has 1 aliphatic rings. The van der Waals surface area contributed by atoms with Crippen molar-refractivity contribution in [2.75, 3.05) is 18.0 Å². The van der Waals surface area contributed by atoms with Gasteiger partial charge in [0.15, 0.2) is 5.65 Å². The summed E-state index contributed by atoms with van der Waals surface area (Å²) in [5.41, 5.74) is 1.86. The number of nitrogens with zero attached hydrogens (tertiary/aromatic N) is 4. The summed E-state index contributed by atoms with van der Waals surface area (Å²) in [7, 11) is 0. The van der Waals surface area contributed by atoms with E-state index in [-0.39, 0.29) is 5.82 Å². The van der Waals surface area contributed by atoms with Crippen LogP contribution in [0.15, 0.2) is 54.7 Å². The van der Waals surface area contributed by atoms with E-state index in [9.17, 15) is 4.39 Å². The fourth-order valence-electron chi connectivity index (χ4n) is 2.59. The lowest BCUT2D eigenvalue weighted by Crippen LogP contribution is -2.22. The monoisotopic (exact) mass is 280 g/mol. The summed E-state index contributed by atoms with van der Waals surface area (Å²) in [6.45, 7) is 1.66. The molecule has 4 nitrogen and oxygen atoms in total. The van der Waals surface area contributed by atoms with Crippen LogP contribution >= 0.6 is 0 Å². The Bertz CT molecular complexity index is 829. The van der Waals surface area contributed by atoms with Gasteiger partial charge in [-0.05, 0) is 12.1 Å². The molecule has 0 radical (unpaired) electrons. The van der Waals surface area contributed by atoms with Gasteiger partial charge < -0.3 is 4.90 Å². The van der Waals surface area contributed by atoms with Crippen molar-refractivity contribution in [1.82, 2.24) is 14.6 Å². The first kappa shape index (κ1) is 12.1. The van der Waals surface area contributed by atoms with Crippen LogP contribution < -0.4 is 4.90 Å². The number of benzene rings is 1. The summed E-state index contributed by atoms with van der Waals surface area (Å²) in [6, 6.07) is 10.4. The summed E-state index contributed by atoms with van der Waals surface area (Å²) in [5, 5.41) is 4.31. The second-order valence-corrected chi connectivity index (χ2v) is 4.96. The highest BCUT2D eigenvalue weighted by Crippen LogP contribution is 2.27. The van der Waals surface area contributed by atoms with Gasteiger partial charge in [-0.15, -0.1) is 0 Å². The number of aromatic nitrogens is 3. The van der Waals surface area contributed by atoms with Gasteiger partial charge >= 0.3 is 0 Å². The van der Waals surface area contributed by atoms with Crippen LogP contribution in [0.2, 0.25) is 0 Å². The second kappa shape index (κ2) is 4.70. The molecule has 0 amide bonds. The van der Waals surface area contributed by atoms with Gasteiger partial charge in [0.1, 0.15) is 11.6 Å². The van der Waals surface area contributed by atoms with Crippen LogP contribution in [0, 0.1) is 5.82 Å². The Hall–Kier alpha value is -2.69. The molecule has 21 heavy (non-hydrogen) atoms. The Kier molecular flexibility index (Phi) is 2.70.